The highest BCUT2D eigenvalue weighted by molar-refractivity contribution is 7.09. The molecule has 2 heterocycles. The van der Waals surface area contributed by atoms with E-state index in [0.29, 0.717) is 12.0 Å². The molecule has 0 aliphatic carbocycles. The van der Waals surface area contributed by atoms with Crippen LogP contribution in [0.1, 0.15) is 63.7 Å². The molecule has 1 aliphatic rings. The van der Waals surface area contributed by atoms with Crippen LogP contribution in [0.4, 0.5) is 0 Å². The quantitative estimate of drug-likeness (QED) is 0.927. The van der Waals surface area contributed by atoms with Crippen LogP contribution in [0.5, 0.6) is 0 Å². The highest BCUT2D eigenvalue weighted by Crippen LogP contribution is 2.36. The number of thiazole rings is 1. The Hall–Kier alpha value is -0.450. The Morgan fingerprint density at radius 1 is 1.40 bits per heavy atom. The molecule has 2 unspecified atom stereocenters. The lowest BCUT2D eigenvalue weighted by atomic mass is 9.92. The van der Waals surface area contributed by atoms with E-state index in [2.05, 4.69) is 38.0 Å². The summed E-state index contributed by atoms with van der Waals surface area (Å²) in [6.45, 7) is 12.0. The first-order valence-corrected chi connectivity index (χ1v) is 8.75. The van der Waals surface area contributed by atoms with E-state index in [1.165, 1.54) is 36.5 Å². The Morgan fingerprint density at radius 3 is 2.70 bits per heavy atom. The van der Waals surface area contributed by atoms with Crippen LogP contribution < -0.4 is 5.73 Å². The zero-order chi connectivity index (χ0) is 14.8. The maximum atomic E-state index is 6.06. The van der Waals surface area contributed by atoms with Crippen LogP contribution in [0.25, 0.3) is 0 Å². The zero-order valence-electron chi connectivity index (χ0n) is 13.4. The van der Waals surface area contributed by atoms with Crippen molar-refractivity contribution in [2.24, 2.45) is 11.7 Å². The molecule has 0 radical (unpaired) electrons. The van der Waals surface area contributed by atoms with E-state index in [1.54, 1.807) is 11.3 Å². The number of rotatable bonds is 3. The standard InChI is InChI=1S/C16H29N3S/c1-5-19-9-7-6-8-12(10-17)14(19)13-11-20-15(18-13)16(2,3)4/h11-12,14H,5-10,17H2,1-4H3. The molecule has 2 atom stereocenters. The van der Waals surface area contributed by atoms with Gasteiger partial charge in [-0.2, -0.15) is 0 Å². The minimum absolute atomic E-state index is 0.142. The third-order valence-electron chi connectivity index (χ3n) is 4.29. The van der Waals surface area contributed by atoms with Crippen LogP contribution in [-0.4, -0.2) is 29.5 Å². The van der Waals surface area contributed by atoms with Crippen molar-refractivity contribution in [3.05, 3.63) is 16.1 Å². The molecule has 1 fully saturated rings. The van der Waals surface area contributed by atoms with Gasteiger partial charge in [0.2, 0.25) is 0 Å². The summed E-state index contributed by atoms with van der Waals surface area (Å²) in [5.74, 6) is 0.548. The summed E-state index contributed by atoms with van der Waals surface area (Å²) in [5.41, 5.74) is 7.45. The lowest BCUT2D eigenvalue weighted by Gasteiger charge is -2.32. The molecule has 0 amide bonds. The summed E-state index contributed by atoms with van der Waals surface area (Å²) in [7, 11) is 0. The number of nitrogens with zero attached hydrogens (tertiary/aromatic N) is 2. The SMILES string of the molecule is CCN1CCCCC(CN)C1c1csc(C(C)(C)C)n1. The highest BCUT2D eigenvalue weighted by Gasteiger charge is 2.32. The molecule has 114 valence electrons. The molecule has 0 aromatic carbocycles. The molecule has 2 N–H and O–H groups in total. The summed E-state index contributed by atoms with van der Waals surface area (Å²) in [6, 6.07) is 0.417. The van der Waals surface area contributed by atoms with Gasteiger partial charge >= 0.3 is 0 Å². The maximum absolute atomic E-state index is 6.06. The van der Waals surface area contributed by atoms with Crippen LogP contribution in [0.2, 0.25) is 0 Å². The summed E-state index contributed by atoms with van der Waals surface area (Å²) in [6.07, 6.45) is 3.82. The highest BCUT2D eigenvalue weighted by atomic mass is 32.1. The molecule has 1 aromatic rings. The predicted molar refractivity (Wildman–Crippen MR) is 87.2 cm³/mol. The van der Waals surface area contributed by atoms with Gasteiger partial charge in [-0.05, 0) is 38.4 Å². The average molecular weight is 295 g/mol. The molecule has 0 saturated carbocycles. The Balaban J connectivity index is 2.31. The van der Waals surface area contributed by atoms with E-state index in [4.69, 9.17) is 10.7 Å². The van der Waals surface area contributed by atoms with Gasteiger partial charge in [0.25, 0.3) is 0 Å². The van der Waals surface area contributed by atoms with Gasteiger partial charge in [0.15, 0.2) is 0 Å². The fourth-order valence-corrected chi connectivity index (χ4v) is 4.05. The monoisotopic (exact) mass is 295 g/mol. The first-order chi connectivity index (χ1) is 9.47. The minimum Gasteiger partial charge on any atom is -0.330 e. The van der Waals surface area contributed by atoms with E-state index in [9.17, 15) is 0 Å². The Bertz CT molecular complexity index is 408. The van der Waals surface area contributed by atoms with Crippen LogP contribution in [-0.2, 0) is 5.41 Å². The van der Waals surface area contributed by atoms with Gasteiger partial charge in [-0.1, -0.05) is 34.1 Å². The van der Waals surface area contributed by atoms with Gasteiger partial charge in [0.1, 0.15) is 0 Å². The van der Waals surface area contributed by atoms with Crippen LogP contribution in [0, 0.1) is 5.92 Å². The van der Waals surface area contributed by atoms with E-state index in [-0.39, 0.29) is 5.41 Å². The summed E-state index contributed by atoms with van der Waals surface area (Å²) < 4.78 is 0. The maximum Gasteiger partial charge on any atom is 0.0982 e. The second-order valence-electron chi connectivity index (χ2n) is 6.89. The zero-order valence-corrected chi connectivity index (χ0v) is 14.2. The molecule has 3 nitrogen and oxygen atoms in total. The van der Waals surface area contributed by atoms with E-state index < -0.39 is 0 Å². The van der Waals surface area contributed by atoms with Crippen molar-refractivity contribution in [1.29, 1.82) is 0 Å². The van der Waals surface area contributed by atoms with Gasteiger partial charge in [0.05, 0.1) is 16.7 Å². The van der Waals surface area contributed by atoms with Crippen molar-refractivity contribution >= 4 is 11.3 Å². The first kappa shape index (κ1) is 15.9. The largest absolute Gasteiger partial charge is 0.330 e. The molecule has 0 bridgehead atoms. The third-order valence-corrected chi connectivity index (χ3v) is 5.57. The van der Waals surface area contributed by atoms with Crippen LogP contribution in [0.15, 0.2) is 5.38 Å². The summed E-state index contributed by atoms with van der Waals surface area (Å²) >= 11 is 1.80. The molecule has 2 rings (SSSR count). The molecule has 1 aliphatic heterocycles. The summed E-state index contributed by atoms with van der Waals surface area (Å²) in [4.78, 5) is 7.54. The Labute approximate surface area is 127 Å². The Morgan fingerprint density at radius 2 is 2.15 bits per heavy atom. The van der Waals surface area contributed by atoms with Gasteiger partial charge in [-0.15, -0.1) is 11.3 Å². The van der Waals surface area contributed by atoms with Crippen LogP contribution >= 0.6 is 11.3 Å². The van der Waals surface area contributed by atoms with Crippen molar-refractivity contribution in [3.8, 4) is 0 Å². The second kappa shape index (κ2) is 6.54. The average Bonchev–Trinajstić information content (AvgIpc) is 2.79. The molecule has 1 saturated heterocycles. The number of likely N-dealkylation sites (tertiary alicyclic amines) is 1. The van der Waals surface area contributed by atoms with E-state index >= 15 is 0 Å². The molecular formula is C16H29N3S. The minimum atomic E-state index is 0.142. The molecule has 4 heteroatoms. The van der Waals surface area contributed by atoms with E-state index in [1.807, 2.05) is 0 Å². The van der Waals surface area contributed by atoms with Crippen molar-refractivity contribution < 1.29 is 0 Å². The van der Waals surface area contributed by atoms with E-state index in [0.717, 1.165) is 13.1 Å². The topological polar surface area (TPSA) is 42.1 Å². The van der Waals surface area contributed by atoms with Crippen molar-refractivity contribution in [1.82, 2.24) is 9.88 Å². The van der Waals surface area contributed by atoms with Gasteiger partial charge in [-0.3, -0.25) is 4.90 Å². The first-order valence-electron chi connectivity index (χ1n) is 7.87. The summed E-state index contributed by atoms with van der Waals surface area (Å²) in [5, 5.41) is 3.51. The third kappa shape index (κ3) is 3.41. The fraction of sp³-hybridized carbons (Fsp3) is 0.812. The van der Waals surface area contributed by atoms with Gasteiger partial charge in [-0.25, -0.2) is 4.98 Å². The smallest absolute Gasteiger partial charge is 0.0982 e. The molecular weight excluding hydrogens is 266 g/mol. The number of hydrogen-bond acceptors (Lipinski definition) is 4. The van der Waals surface area contributed by atoms with Gasteiger partial charge in [0, 0.05) is 10.8 Å². The second-order valence-corrected chi connectivity index (χ2v) is 7.75. The fourth-order valence-electron chi connectivity index (χ4n) is 3.11. The van der Waals surface area contributed by atoms with Crippen molar-refractivity contribution in [3.63, 3.8) is 0 Å². The van der Waals surface area contributed by atoms with Crippen molar-refractivity contribution in [2.75, 3.05) is 19.6 Å². The van der Waals surface area contributed by atoms with Crippen molar-refractivity contribution in [2.45, 2.75) is 58.4 Å². The predicted octanol–water partition coefficient (Wildman–Crippen LogP) is 3.56. The lowest BCUT2D eigenvalue weighted by Crippen LogP contribution is -2.35. The lowest BCUT2D eigenvalue weighted by molar-refractivity contribution is 0.163. The Kier molecular flexibility index (Phi) is 5.21. The molecule has 20 heavy (non-hydrogen) atoms. The number of nitrogens with two attached hydrogens (primary N) is 1. The number of aromatic nitrogens is 1. The normalized spacial score (nSPS) is 25.6. The number of hydrogen-bond donors (Lipinski definition) is 1. The van der Waals surface area contributed by atoms with Crippen LogP contribution in [0.3, 0.4) is 0 Å². The molecule has 0 spiro atoms. The molecule has 1 aromatic heterocycles. The van der Waals surface area contributed by atoms with Gasteiger partial charge < -0.3 is 5.73 Å².